The van der Waals surface area contributed by atoms with Crippen molar-refractivity contribution in [3.63, 3.8) is 0 Å². The molecular weight excluding hydrogens is 410 g/mol. The molecule has 0 unspecified atom stereocenters. The summed E-state index contributed by atoms with van der Waals surface area (Å²) in [6.07, 6.45) is 2.56. The molecular formula is C28H27N3O2. The number of carbonyl (C=O) groups excluding carboxylic acids is 1. The van der Waals surface area contributed by atoms with Crippen LogP contribution in [0, 0.1) is 0 Å². The van der Waals surface area contributed by atoms with Crippen molar-refractivity contribution < 1.29 is 9.53 Å². The summed E-state index contributed by atoms with van der Waals surface area (Å²) in [5.74, 6) is 1.14. The number of benzene rings is 3. The average Bonchev–Trinajstić information content (AvgIpc) is 2.87. The Morgan fingerprint density at radius 2 is 1.48 bits per heavy atom. The predicted molar refractivity (Wildman–Crippen MR) is 133 cm³/mol. The van der Waals surface area contributed by atoms with Crippen LogP contribution >= 0.6 is 0 Å². The van der Waals surface area contributed by atoms with Crippen LogP contribution in [0.5, 0.6) is 5.75 Å². The fourth-order valence-electron chi connectivity index (χ4n) is 3.70. The number of aromatic nitrogens is 1. The Hall–Kier alpha value is -4.12. The maximum Gasteiger partial charge on any atom is 0.236 e. The topological polar surface area (TPSA) is 63.2 Å². The van der Waals surface area contributed by atoms with E-state index < -0.39 is 5.92 Å². The van der Waals surface area contributed by atoms with Gasteiger partial charge in [0.15, 0.2) is 0 Å². The molecule has 3 aromatic carbocycles. The van der Waals surface area contributed by atoms with E-state index in [1.807, 2.05) is 84.9 Å². The Balaban J connectivity index is 1.37. The molecule has 1 heterocycles. The van der Waals surface area contributed by atoms with Crippen LogP contribution in [-0.2, 0) is 11.2 Å². The fraction of sp³-hybridized carbons (Fsp3) is 0.143. The fourth-order valence-corrected chi connectivity index (χ4v) is 3.70. The molecule has 0 aliphatic carbocycles. The summed E-state index contributed by atoms with van der Waals surface area (Å²) in [4.78, 5) is 17.7. The molecule has 0 spiro atoms. The maximum absolute atomic E-state index is 13.2. The lowest BCUT2D eigenvalue weighted by Gasteiger charge is -2.18. The van der Waals surface area contributed by atoms with E-state index in [1.54, 1.807) is 13.3 Å². The SMILES string of the molecule is COc1ccc(CCNc2ccc(NC(=O)C(c3ccccc3)c3ccccc3)cn2)cc1. The Morgan fingerprint density at radius 3 is 2.03 bits per heavy atom. The van der Waals surface area contributed by atoms with E-state index in [4.69, 9.17) is 4.74 Å². The molecule has 0 aliphatic heterocycles. The first-order valence-electron chi connectivity index (χ1n) is 11.0. The highest BCUT2D eigenvalue weighted by Gasteiger charge is 2.22. The Labute approximate surface area is 194 Å². The van der Waals surface area contributed by atoms with E-state index >= 15 is 0 Å². The van der Waals surface area contributed by atoms with Gasteiger partial charge in [-0.15, -0.1) is 0 Å². The third-order valence-electron chi connectivity index (χ3n) is 5.44. The first-order valence-corrected chi connectivity index (χ1v) is 11.0. The van der Waals surface area contributed by atoms with Gasteiger partial charge in [0.1, 0.15) is 11.6 Å². The molecule has 1 aromatic heterocycles. The standard InChI is InChI=1S/C28H27N3O2/c1-33-25-15-12-21(13-16-25)18-19-29-26-17-14-24(20-30-26)31-28(32)27(22-8-4-2-5-9-22)23-10-6-3-7-11-23/h2-17,20,27H,18-19H2,1H3,(H,29,30)(H,31,32). The molecule has 0 radical (unpaired) electrons. The van der Waals surface area contributed by atoms with Crippen LogP contribution in [0.15, 0.2) is 103 Å². The predicted octanol–water partition coefficient (Wildman–Crippen LogP) is 5.52. The van der Waals surface area contributed by atoms with E-state index in [1.165, 1.54) is 5.56 Å². The first kappa shape index (κ1) is 22.1. The summed E-state index contributed by atoms with van der Waals surface area (Å²) in [5, 5.41) is 6.34. The van der Waals surface area contributed by atoms with E-state index in [2.05, 4.69) is 27.8 Å². The van der Waals surface area contributed by atoms with Crippen molar-refractivity contribution in [3.8, 4) is 5.75 Å². The van der Waals surface area contributed by atoms with Crippen LogP contribution in [0.3, 0.4) is 0 Å². The molecule has 0 saturated carbocycles. The van der Waals surface area contributed by atoms with Gasteiger partial charge in [-0.05, 0) is 47.4 Å². The van der Waals surface area contributed by atoms with Gasteiger partial charge >= 0.3 is 0 Å². The molecule has 0 atom stereocenters. The van der Waals surface area contributed by atoms with Gasteiger partial charge in [0.2, 0.25) is 5.91 Å². The van der Waals surface area contributed by atoms with Crippen LogP contribution in [0.2, 0.25) is 0 Å². The zero-order chi connectivity index (χ0) is 22.9. The van der Waals surface area contributed by atoms with Crippen LogP contribution in [0.1, 0.15) is 22.6 Å². The zero-order valence-corrected chi connectivity index (χ0v) is 18.6. The van der Waals surface area contributed by atoms with Crippen molar-refractivity contribution >= 4 is 17.4 Å². The summed E-state index contributed by atoms with van der Waals surface area (Å²) < 4.78 is 5.19. The Kier molecular flexibility index (Phi) is 7.33. The number of nitrogens with zero attached hydrogens (tertiary/aromatic N) is 1. The van der Waals surface area contributed by atoms with E-state index in [9.17, 15) is 4.79 Å². The number of nitrogens with one attached hydrogen (secondary N) is 2. The van der Waals surface area contributed by atoms with Crippen molar-refractivity contribution in [2.24, 2.45) is 0 Å². The summed E-state index contributed by atoms with van der Waals surface area (Å²) in [7, 11) is 1.66. The molecule has 1 amide bonds. The van der Waals surface area contributed by atoms with Crippen LogP contribution in [-0.4, -0.2) is 24.5 Å². The molecule has 4 aromatic rings. The van der Waals surface area contributed by atoms with E-state index in [0.717, 1.165) is 35.7 Å². The molecule has 0 aliphatic rings. The van der Waals surface area contributed by atoms with Gasteiger partial charge in [-0.25, -0.2) is 4.98 Å². The molecule has 33 heavy (non-hydrogen) atoms. The Morgan fingerprint density at radius 1 is 0.848 bits per heavy atom. The van der Waals surface area contributed by atoms with Gasteiger partial charge < -0.3 is 15.4 Å². The largest absolute Gasteiger partial charge is 0.497 e. The maximum atomic E-state index is 13.2. The molecule has 0 fully saturated rings. The minimum absolute atomic E-state index is 0.0885. The monoisotopic (exact) mass is 437 g/mol. The molecule has 0 bridgehead atoms. The van der Waals surface area contributed by atoms with Crippen LogP contribution < -0.4 is 15.4 Å². The zero-order valence-electron chi connectivity index (χ0n) is 18.6. The highest BCUT2D eigenvalue weighted by molar-refractivity contribution is 5.98. The number of hydrogen-bond donors (Lipinski definition) is 2. The second kappa shape index (κ2) is 11.0. The average molecular weight is 438 g/mol. The smallest absolute Gasteiger partial charge is 0.236 e. The van der Waals surface area contributed by atoms with Gasteiger partial charge in [0.05, 0.1) is 24.9 Å². The van der Waals surface area contributed by atoms with Gasteiger partial charge in [0, 0.05) is 6.54 Å². The lowest BCUT2D eigenvalue weighted by atomic mass is 9.90. The summed E-state index contributed by atoms with van der Waals surface area (Å²) in [6, 6.07) is 31.4. The molecule has 5 heteroatoms. The highest BCUT2D eigenvalue weighted by atomic mass is 16.5. The number of methoxy groups -OCH3 is 1. The minimum atomic E-state index is -0.394. The molecule has 2 N–H and O–H groups in total. The van der Waals surface area contributed by atoms with Crippen LogP contribution in [0.25, 0.3) is 0 Å². The number of pyridine rings is 1. The number of amides is 1. The second-order valence-corrected chi connectivity index (χ2v) is 7.70. The first-order chi connectivity index (χ1) is 16.2. The normalized spacial score (nSPS) is 10.6. The minimum Gasteiger partial charge on any atom is -0.497 e. The lowest BCUT2D eigenvalue weighted by molar-refractivity contribution is -0.116. The second-order valence-electron chi connectivity index (χ2n) is 7.70. The van der Waals surface area contributed by atoms with Crippen LogP contribution in [0.4, 0.5) is 11.5 Å². The summed E-state index contributed by atoms with van der Waals surface area (Å²) in [5.41, 5.74) is 3.79. The quantitative estimate of drug-likeness (QED) is 0.362. The number of ether oxygens (including phenoxy) is 1. The number of carbonyl (C=O) groups is 1. The lowest BCUT2D eigenvalue weighted by Crippen LogP contribution is -2.22. The number of hydrogen-bond acceptors (Lipinski definition) is 4. The van der Waals surface area contributed by atoms with Gasteiger partial charge in [-0.2, -0.15) is 0 Å². The third-order valence-corrected chi connectivity index (χ3v) is 5.44. The van der Waals surface area contributed by atoms with E-state index in [0.29, 0.717) is 5.69 Å². The van der Waals surface area contributed by atoms with Crippen molar-refractivity contribution in [3.05, 3.63) is 120 Å². The third kappa shape index (κ3) is 5.98. The van der Waals surface area contributed by atoms with Crippen molar-refractivity contribution in [2.45, 2.75) is 12.3 Å². The van der Waals surface area contributed by atoms with E-state index in [-0.39, 0.29) is 5.91 Å². The number of anilines is 2. The molecule has 4 rings (SSSR count). The Bertz CT molecular complexity index is 1110. The molecule has 0 saturated heterocycles. The van der Waals surface area contributed by atoms with Crippen molar-refractivity contribution in [1.82, 2.24) is 4.98 Å². The summed E-state index contributed by atoms with van der Waals surface area (Å²) >= 11 is 0. The number of rotatable bonds is 9. The van der Waals surface area contributed by atoms with Crippen molar-refractivity contribution in [1.29, 1.82) is 0 Å². The molecule has 5 nitrogen and oxygen atoms in total. The van der Waals surface area contributed by atoms with Gasteiger partial charge in [-0.1, -0.05) is 72.8 Å². The van der Waals surface area contributed by atoms with Gasteiger partial charge in [0.25, 0.3) is 0 Å². The van der Waals surface area contributed by atoms with Gasteiger partial charge in [-0.3, -0.25) is 4.79 Å². The highest BCUT2D eigenvalue weighted by Crippen LogP contribution is 2.26. The van der Waals surface area contributed by atoms with Crippen molar-refractivity contribution in [2.75, 3.05) is 24.3 Å². The summed E-state index contributed by atoms with van der Waals surface area (Å²) in [6.45, 7) is 0.759. The molecule has 166 valence electrons.